The highest BCUT2D eigenvalue weighted by atomic mass is 35.5. The van der Waals surface area contributed by atoms with Crippen molar-refractivity contribution in [1.82, 2.24) is 5.32 Å². The molecule has 3 N–H and O–H groups in total. The van der Waals surface area contributed by atoms with Crippen molar-refractivity contribution in [3.63, 3.8) is 0 Å². The van der Waals surface area contributed by atoms with Gasteiger partial charge >= 0.3 is 0 Å². The Hall–Kier alpha value is -2.11. The molecule has 3 rings (SSSR count). The number of rotatable bonds is 3. The van der Waals surface area contributed by atoms with E-state index in [1.54, 1.807) is 24.3 Å². The molecule has 2 aromatic rings. The van der Waals surface area contributed by atoms with E-state index < -0.39 is 5.82 Å². The Morgan fingerprint density at radius 2 is 2.00 bits per heavy atom. The second-order valence-electron chi connectivity index (χ2n) is 5.58. The highest BCUT2D eigenvalue weighted by Crippen LogP contribution is 2.33. The van der Waals surface area contributed by atoms with Crippen LogP contribution in [-0.4, -0.2) is 12.5 Å². The van der Waals surface area contributed by atoms with E-state index >= 15 is 0 Å². The second-order valence-corrected chi connectivity index (χ2v) is 5.58. The van der Waals surface area contributed by atoms with Crippen molar-refractivity contribution in [2.75, 3.05) is 6.61 Å². The molecule has 1 amide bonds. The molecule has 0 fully saturated rings. The number of nitrogens with one attached hydrogen (secondary N) is 1. The molecular weight excluding hydrogens is 331 g/mol. The van der Waals surface area contributed by atoms with Crippen molar-refractivity contribution < 1.29 is 13.9 Å². The van der Waals surface area contributed by atoms with Crippen LogP contribution in [0.3, 0.4) is 0 Å². The number of benzene rings is 2. The van der Waals surface area contributed by atoms with E-state index in [9.17, 15) is 9.18 Å². The fourth-order valence-electron chi connectivity index (χ4n) is 2.75. The van der Waals surface area contributed by atoms with E-state index in [-0.39, 0.29) is 30.1 Å². The van der Waals surface area contributed by atoms with Crippen LogP contribution in [0.1, 0.15) is 40.4 Å². The van der Waals surface area contributed by atoms with Gasteiger partial charge in [-0.3, -0.25) is 4.79 Å². The van der Waals surface area contributed by atoms with E-state index in [1.165, 1.54) is 6.07 Å². The Morgan fingerprint density at radius 1 is 1.25 bits per heavy atom. The molecule has 0 aromatic heterocycles. The average Bonchev–Trinajstić information content (AvgIpc) is 2.78. The van der Waals surface area contributed by atoms with Gasteiger partial charge < -0.3 is 15.8 Å². The van der Waals surface area contributed by atoms with Crippen molar-refractivity contribution >= 4 is 18.3 Å². The van der Waals surface area contributed by atoms with Gasteiger partial charge in [-0.2, -0.15) is 0 Å². The zero-order valence-electron chi connectivity index (χ0n) is 13.1. The second kappa shape index (κ2) is 8.13. The van der Waals surface area contributed by atoms with Crippen LogP contribution in [0, 0.1) is 5.82 Å². The van der Waals surface area contributed by atoms with Crippen LogP contribution in [0.2, 0.25) is 0 Å². The maximum absolute atomic E-state index is 13.9. The number of nitrogens with two attached hydrogens (primary N) is 1. The summed E-state index contributed by atoms with van der Waals surface area (Å²) in [6.45, 7) is 0.889. The Kier molecular flexibility index (Phi) is 6.17. The van der Waals surface area contributed by atoms with Gasteiger partial charge in [0.1, 0.15) is 0 Å². The number of hydrogen-bond donors (Lipinski definition) is 2. The van der Waals surface area contributed by atoms with Crippen molar-refractivity contribution in [1.29, 1.82) is 0 Å². The third-order valence-electron chi connectivity index (χ3n) is 4.01. The molecule has 0 spiro atoms. The molecule has 4 nitrogen and oxygen atoms in total. The van der Waals surface area contributed by atoms with Crippen molar-refractivity contribution in [3.8, 4) is 5.75 Å². The Balaban J connectivity index is 0.00000208. The van der Waals surface area contributed by atoms with Crippen LogP contribution in [0.25, 0.3) is 0 Å². The summed E-state index contributed by atoms with van der Waals surface area (Å²) < 4.78 is 19.4. The van der Waals surface area contributed by atoms with Crippen LogP contribution < -0.4 is 15.8 Å². The molecule has 0 radical (unpaired) electrons. The smallest absolute Gasteiger partial charge is 0.251 e. The van der Waals surface area contributed by atoms with Crippen LogP contribution in [0.4, 0.5) is 4.39 Å². The molecular formula is C18H20ClFN2O2. The number of hydrogen-bond acceptors (Lipinski definition) is 3. The highest BCUT2D eigenvalue weighted by Gasteiger charge is 2.24. The fourth-order valence-corrected chi connectivity index (χ4v) is 2.75. The summed E-state index contributed by atoms with van der Waals surface area (Å²) in [6.07, 6.45) is 1.47. The molecule has 24 heavy (non-hydrogen) atoms. The van der Waals surface area contributed by atoms with Crippen LogP contribution in [0.5, 0.6) is 5.75 Å². The number of carbonyl (C=O) groups excluding carboxylic acids is 1. The summed E-state index contributed by atoms with van der Waals surface area (Å²) in [7, 11) is 0. The van der Waals surface area contributed by atoms with E-state index in [1.807, 2.05) is 12.1 Å². The standard InChI is InChI=1S/C18H19FN2O2.ClH/c19-15-4-1-3-14-16(5-2-10-23-17(14)15)21-18(22)13-8-6-12(11-20)7-9-13;/h1,3-4,6-9,16H,2,5,10-11,20H2,(H,21,22);1H. The predicted molar refractivity (Wildman–Crippen MR) is 92.9 cm³/mol. The molecule has 0 saturated heterocycles. The Bertz CT molecular complexity index is 707. The largest absolute Gasteiger partial charge is 0.490 e. The van der Waals surface area contributed by atoms with Gasteiger partial charge in [-0.05, 0) is 36.6 Å². The summed E-state index contributed by atoms with van der Waals surface area (Å²) in [5.41, 5.74) is 7.78. The normalized spacial score (nSPS) is 16.2. The fraction of sp³-hybridized carbons (Fsp3) is 0.278. The minimum atomic E-state index is -0.393. The first-order chi connectivity index (χ1) is 11.2. The third-order valence-corrected chi connectivity index (χ3v) is 4.01. The molecule has 128 valence electrons. The molecule has 1 atom stereocenters. The quantitative estimate of drug-likeness (QED) is 0.892. The number of halogens is 2. The van der Waals surface area contributed by atoms with Crippen molar-refractivity contribution in [2.45, 2.75) is 25.4 Å². The van der Waals surface area contributed by atoms with Gasteiger partial charge in [-0.1, -0.05) is 24.3 Å². The van der Waals surface area contributed by atoms with Gasteiger partial charge in [0, 0.05) is 17.7 Å². The average molecular weight is 351 g/mol. The van der Waals surface area contributed by atoms with E-state index in [4.69, 9.17) is 10.5 Å². The molecule has 1 aliphatic rings. The lowest BCUT2D eigenvalue weighted by atomic mass is 10.0. The molecule has 2 aromatic carbocycles. The monoisotopic (exact) mass is 350 g/mol. The molecule has 1 aliphatic heterocycles. The summed E-state index contributed by atoms with van der Waals surface area (Å²) in [6, 6.07) is 11.7. The van der Waals surface area contributed by atoms with Gasteiger partial charge in [0.25, 0.3) is 5.91 Å². The van der Waals surface area contributed by atoms with Gasteiger partial charge in [0.2, 0.25) is 0 Å². The maximum Gasteiger partial charge on any atom is 0.251 e. The number of ether oxygens (including phenoxy) is 1. The van der Waals surface area contributed by atoms with Gasteiger partial charge in [-0.15, -0.1) is 12.4 Å². The summed E-state index contributed by atoms with van der Waals surface area (Å²) in [5, 5.41) is 2.98. The number of para-hydroxylation sites is 1. The molecule has 0 saturated carbocycles. The molecule has 1 unspecified atom stereocenters. The molecule has 1 heterocycles. The molecule has 6 heteroatoms. The molecule has 0 aliphatic carbocycles. The SMILES string of the molecule is Cl.NCc1ccc(C(=O)NC2CCCOc3c(F)cccc32)cc1. The third kappa shape index (κ3) is 3.86. The van der Waals surface area contributed by atoms with Gasteiger partial charge in [0.05, 0.1) is 12.6 Å². The van der Waals surface area contributed by atoms with Gasteiger partial charge in [-0.25, -0.2) is 4.39 Å². The minimum absolute atomic E-state index is 0. The van der Waals surface area contributed by atoms with E-state index in [0.717, 1.165) is 12.0 Å². The van der Waals surface area contributed by atoms with Crippen LogP contribution >= 0.6 is 12.4 Å². The maximum atomic E-state index is 13.9. The predicted octanol–water partition coefficient (Wildman–Crippen LogP) is 3.35. The van der Waals surface area contributed by atoms with Gasteiger partial charge in [0.15, 0.2) is 11.6 Å². The highest BCUT2D eigenvalue weighted by molar-refractivity contribution is 5.94. The summed E-state index contributed by atoms with van der Waals surface area (Å²) in [4.78, 5) is 12.4. The first-order valence-electron chi connectivity index (χ1n) is 7.70. The topological polar surface area (TPSA) is 64.4 Å². The van der Waals surface area contributed by atoms with E-state index in [2.05, 4.69) is 5.32 Å². The lowest BCUT2D eigenvalue weighted by Crippen LogP contribution is -2.28. The zero-order valence-corrected chi connectivity index (χ0v) is 13.9. The lowest BCUT2D eigenvalue weighted by molar-refractivity contribution is 0.0934. The minimum Gasteiger partial charge on any atom is -0.490 e. The van der Waals surface area contributed by atoms with Crippen molar-refractivity contribution in [3.05, 3.63) is 65.0 Å². The van der Waals surface area contributed by atoms with Crippen LogP contribution in [-0.2, 0) is 6.54 Å². The zero-order chi connectivity index (χ0) is 16.2. The van der Waals surface area contributed by atoms with Crippen LogP contribution in [0.15, 0.2) is 42.5 Å². The first kappa shape index (κ1) is 18.2. The lowest BCUT2D eigenvalue weighted by Gasteiger charge is -2.18. The van der Waals surface area contributed by atoms with Crippen molar-refractivity contribution in [2.24, 2.45) is 5.73 Å². The summed E-state index contributed by atoms with van der Waals surface area (Å²) in [5.74, 6) is -0.333. The Morgan fingerprint density at radius 3 is 2.71 bits per heavy atom. The molecule has 0 bridgehead atoms. The number of carbonyl (C=O) groups is 1. The summed E-state index contributed by atoms with van der Waals surface area (Å²) >= 11 is 0. The Labute approximate surface area is 146 Å². The number of amides is 1. The van der Waals surface area contributed by atoms with E-state index in [0.29, 0.717) is 30.7 Å². The first-order valence-corrected chi connectivity index (χ1v) is 7.70. The number of fused-ring (bicyclic) bond motifs is 1.